The van der Waals surface area contributed by atoms with Crippen LogP contribution >= 0.6 is 11.6 Å². The second-order valence-corrected chi connectivity index (χ2v) is 7.60. The van der Waals surface area contributed by atoms with Crippen LogP contribution in [0.5, 0.6) is 0 Å². The van der Waals surface area contributed by atoms with Gasteiger partial charge in [0.1, 0.15) is 11.8 Å². The van der Waals surface area contributed by atoms with E-state index >= 15 is 0 Å². The van der Waals surface area contributed by atoms with Crippen LogP contribution in [0.25, 0.3) is 0 Å². The molecule has 1 heterocycles. The lowest BCUT2D eigenvalue weighted by Crippen LogP contribution is -2.56. The van der Waals surface area contributed by atoms with Crippen molar-refractivity contribution in [1.29, 1.82) is 0 Å². The number of aryl methyl sites for hydroxylation is 1. The number of nitrogens with zero attached hydrogens (tertiary/aromatic N) is 2. The Morgan fingerprint density at radius 1 is 1.37 bits per heavy atom. The lowest BCUT2D eigenvalue weighted by atomic mass is 9.98. The van der Waals surface area contributed by atoms with Gasteiger partial charge in [0, 0.05) is 12.5 Å². The molecule has 12 heteroatoms. The molecule has 0 aliphatic heterocycles. The molecule has 30 heavy (non-hydrogen) atoms. The Balaban J connectivity index is 2.12. The number of nitrogens with one attached hydrogen (secondary N) is 2. The fourth-order valence-electron chi connectivity index (χ4n) is 3.29. The van der Waals surface area contributed by atoms with Gasteiger partial charge in [-0.15, -0.1) is 0 Å². The second-order valence-electron chi connectivity index (χ2n) is 7.22. The highest BCUT2D eigenvalue weighted by Crippen LogP contribution is 2.28. The Bertz CT molecular complexity index is 781. The first-order chi connectivity index (χ1) is 14.2. The van der Waals surface area contributed by atoms with Gasteiger partial charge in [0.25, 0.3) is 23.4 Å². The van der Waals surface area contributed by atoms with Crippen LogP contribution in [-0.2, 0) is 14.4 Å². The lowest BCUT2D eigenvalue weighted by molar-refractivity contribution is -0.144. The van der Waals surface area contributed by atoms with Crippen molar-refractivity contribution in [2.45, 2.75) is 57.1 Å². The molecule has 4 amide bonds. The van der Waals surface area contributed by atoms with Crippen LogP contribution < -0.4 is 16.5 Å². The smallest absolute Gasteiger partial charge is 0.291 e. The number of primary amides is 1. The van der Waals surface area contributed by atoms with Crippen LogP contribution in [0.15, 0.2) is 10.6 Å². The number of amides is 4. The molecule has 0 radical (unpaired) electrons. The zero-order valence-electron chi connectivity index (χ0n) is 16.5. The van der Waals surface area contributed by atoms with Gasteiger partial charge in [0.2, 0.25) is 5.91 Å². The molecule has 166 valence electrons. The third-order valence-electron chi connectivity index (χ3n) is 4.81. The van der Waals surface area contributed by atoms with Crippen molar-refractivity contribution in [1.82, 2.24) is 20.9 Å². The summed E-state index contributed by atoms with van der Waals surface area (Å²) in [6, 6.07) is 0.402. The summed E-state index contributed by atoms with van der Waals surface area (Å²) in [5, 5.41) is 6.80. The number of hydrogen-bond acceptors (Lipinski definition) is 6. The maximum absolute atomic E-state index is 13.3. The van der Waals surface area contributed by atoms with Gasteiger partial charge >= 0.3 is 0 Å². The van der Waals surface area contributed by atoms with Gasteiger partial charge in [0.15, 0.2) is 5.69 Å². The number of alkyl halides is 2. The van der Waals surface area contributed by atoms with Crippen molar-refractivity contribution in [2.75, 3.05) is 6.54 Å². The van der Waals surface area contributed by atoms with Crippen molar-refractivity contribution in [2.24, 2.45) is 11.7 Å². The summed E-state index contributed by atoms with van der Waals surface area (Å²) in [5.41, 5.74) is 4.89. The summed E-state index contributed by atoms with van der Waals surface area (Å²) in [6.45, 7) is 1.26. The number of carbonyl (C=O) groups excluding carboxylic acids is 4. The largest absolute Gasteiger partial charge is 0.370 e. The fraction of sp³-hybridized carbons (Fsp3) is 0.611. The van der Waals surface area contributed by atoms with Crippen molar-refractivity contribution in [3.8, 4) is 0 Å². The molecule has 0 aromatic carbocycles. The van der Waals surface area contributed by atoms with Crippen molar-refractivity contribution in [3.05, 3.63) is 17.5 Å². The Morgan fingerprint density at radius 3 is 2.57 bits per heavy atom. The maximum atomic E-state index is 13.3. The SMILES string of the molecule is Cc1cc(C(=O)N[C@@H](CC2CCCC2)C(=O)NN(CCC(N)=O)C(=O)C(F)Cl)no1. The van der Waals surface area contributed by atoms with E-state index in [0.29, 0.717) is 17.2 Å². The normalized spacial score (nSPS) is 16.0. The van der Waals surface area contributed by atoms with E-state index in [1.165, 1.54) is 6.07 Å². The van der Waals surface area contributed by atoms with Gasteiger partial charge in [-0.05, 0) is 19.3 Å². The van der Waals surface area contributed by atoms with Gasteiger partial charge in [-0.3, -0.25) is 24.6 Å². The van der Waals surface area contributed by atoms with Crippen LogP contribution in [0, 0.1) is 12.8 Å². The number of carbonyl (C=O) groups is 4. The molecule has 10 nitrogen and oxygen atoms in total. The van der Waals surface area contributed by atoms with E-state index < -0.39 is 35.3 Å². The first-order valence-corrected chi connectivity index (χ1v) is 10.0. The third-order valence-corrected chi connectivity index (χ3v) is 4.99. The molecule has 1 saturated carbocycles. The number of hydrazine groups is 1. The molecule has 1 aromatic heterocycles. The monoisotopic (exact) mass is 445 g/mol. The topological polar surface area (TPSA) is 148 Å². The van der Waals surface area contributed by atoms with Crippen molar-refractivity contribution in [3.63, 3.8) is 0 Å². The first kappa shape index (κ1) is 23.6. The van der Waals surface area contributed by atoms with E-state index in [9.17, 15) is 23.6 Å². The minimum atomic E-state index is -2.42. The van der Waals surface area contributed by atoms with E-state index in [1.807, 2.05) is 0 Å². The summed E-state index contributed by atoms with van der Waals surface area (Å²) in [6.07, 6.45) is 3.87. The predicted molar refractivity (Wildman–Crippen MR) is 103 cm³/mol. The highest BCUT2D eigenvalue weighted by Gasteiger charge is 2.31. The van der Waals surface area contributed by atoms with Crippen LogP contribution in [0.1, 0.15) is 54.8 Å². The molecule has 1 aliphatic rings. The maximum Gasteiger partial charge on any atom is 0.291 e. The molecular formula is C18H25ClFN5O5. The van der Waals surface area contributed by atoms with E-state index in [1.54, 1.807) is 6.92 Å². The van der Waals surface area contributed by atoms with Crippen LogP contribution in [-0.4, -0.2) is 52.0 Å². The van der Waals surface area contributed by atoms with Gasteiger partial charge in [-0.25, -0.2) is 9.40 Å². The lowest BCUT2D eigenvalue weighted by Gasteiger charge is -2.27. The van der Waals surface area contributed by atoms with E-state index in [0.717, 1.165) is 25.7 Å². The van der Waals surface area contributed by atoms with E-state index in [-0.39, 0.29) is 24.6 Å². The van der Waals surface area contributed by atoms with Crippen LogP contribution in [0.4, 0.5) is 4.39 Å². The third kappa shape index (κ3) is 6.97. The highest BCUT2D eigenvalue weighted by atomic mass is 35.5. The molecule has 2 atom stereocenters. The number of hydrogen-bond donors (Lipinski definition) is 3. The predicted octanol–water partition coefficient (Wildman–Crippen LogP) is 0.931. The summed E-state index contributed by atoms with van der Waals surface area (Å²) in [5.74, 6) is -2.73. The summed E-state index contributed by atoms with van der Waals surface area (Å²) in [7, 11) is 0. The average Bonchev–Trinajstić information content (AvgIpc) is 3.35. The standard InChI is InChI=1S/C18H25ClFN5O5/c1-10-8-13(24-30-10)16(27)22-12(9-11-4-2-3-5-11)17(28)23-25(7-6-14(21)26)18(29)15(19)20/h8,11-12,15H,2-7,9H2,1H3,(H2,21,26)(H,22,27)(H,23,28)/t12-,15?/m0/s1. The number of halogens is 2. The molecule has 2 rings (SSSR count). The molecule has 1 aliphatic carbocycles. The zero-order chi connectivity index (χ0) is 22.3. The Morgan fingerprint density at radius 2 is 2.03 bits per heavy atom. The van der Waals surface area contributed by atoms with Crippen molar-refractivity contribution >= 4 is 35.2 Å². The molecule has 0 bridgehead atoms. The van der Waals surface area contributed by atoms with Gasteiger partial charge in [0.05, 0.1) is 6.54 Å². The summed E-state index contributed by atoms with van der Waals surface area (Å²) >= 11 is 5.19. The Hall–Kier alpha value is -2.69. The zero-order valence-corrected chi connectivity index (χ0v) is 17.3. The van der Waals surface area contributed by atoms with Crippen LogP contribution in [0.3, 0.4) is 0 Å². The van der Waals surface area contributed by atoms with E-state index in [2.05, 4.69) is 15.9 Å². The molecule has 4 N–H and O–H groups in total. The fourth-order valence-corrected chi connectivity index (χ4v) is 3.41. The molecule has 1 fully saturated rings. The summed E-state index contributed by atoms with van der Waals surface area (Å²) < 4.78 is 18.2. The first-order valence-electron chi connectivity index (χ1n) is 9.60. The Labute approximate surface area is 177 Å². The average molecular weight is 446 g/mol. The van der Waals surface area contributed by atoms with Crippen LogP contribution in [0.2, 0.25) is 0 Å². The molecule has 1 unspecified atom stereocenters. The van der Waals surface area contributed by atoms with Gasteiger partial charge < -0.3 is 15.6 Å². The minimum absolute atomic E-state index is 0.00274. The molecule has 1 aromatic rings. The number of rotatable bonds is 9. The number of nitrogens with two attached hydrogens (primary N) is 1. The quantitative estimate of drug-likeness (QED) is 0.380. The Kier molecular flexibility index (Phi) is 8.58. The van der Waals surface area contributed by atoms with E-state index in [4.69, 9.17) is 21.9 Å². The molecule has 0 saturated heterocycles. The summed E-state index contributed by atoms with van der Waals surface area (Å²) in [4.78, 5) is 48.3. The number of aromatic nitrogens is 1. The molecule has 0 spiro atoms. The van der Waals surface area contributed by atoms with Gasteiger partial charge in [-0.1, -0.05) is 42.4 Å². The minimum Gasteiger partial charge on any atom is -0.370 e. The van der Waals surface area contributed by atoms with Crippen molar-refractivity contribution < 1.29 is 28.1 Å². The second kappa shape index (κ2) is 10.9. The molecular weight excluding hydrogens is 421 g/mol. The van der Waals surface area contributed by atoms with Gasteiger partial charge in [-0.2, -0.15) is 0 Å². The highest BCUT2D eigenvalue weighted by molar-refractivity contribution is 6.29.